The lowest BCUT2D eigenvalue weighted by atomic mass is 10.1. The summed E-state index contributed by atoms with van der Waals surface area (Å²) in [7, 11) is 1.13. The fourth-order valence-electron chi connectivity index (χ4n) is 1.36. The van der Waals surface area contributed by atoms with E-state index in [1.807, 2.05) is 0 Å². The minimum absolute atomic E-state index is 0.458. The Morgan fingerprint density at radius 3 is 2.63 bits per heavy atom. The van der Waals surface area contributed by atoms with Gasteiger partial charge in [-0.15, -0.1) is 0 Å². The van der Waals surface area contributed by atoms with E-state index in [2.05, 4.69) is 10.1 Å². The molecule has 1 aromatic rings. The summed E-state index contributed by atoms with van der Waals surface area (Å²) in [6, 6.07) is 1.49. The number of nitro groups is 1. The van der Waals surface area contributed by atoms with Crippen LogP contribution in [0.4, 0.5) is 10.1 Å². The lowest BCUT2D eigenvalue weighted by molar-refractivity contribution is -0.385. The molecule has 0 radical (unpaired) electrons. The Balaban J connectivity index is 3.02. The first kappa shape index (κ1) is 14.6. The molecule has 0 aliphatic carbocycles. The van der Waals surface area contributed by atoms with Gasteiger partial charge in [-0.1, -0.05) is 0 Å². The van der Waals surface area contributed by atoms with Crippen molar-refractivity contribution in [2.24, 2.45) is 0 Å². The van der Waals surface area contributed by atoms with Gasteiger partial charge in [-0.2, -0.15) is 0 Å². The van der Waals surface area contributed by atoms with E-state index in [4.69, 9.17) is 0 Å². The Morgan fingerprint density at radius 2 is 2.11 bits per heavy atom. The van der Waals surface area contributed by atoms with Crippen molar-refractivity contribution < 1.29 is 23.6 Å². The second kappa shape index (κ2) is 5.89. The Hall–Kier alpha value is -2.51. The van der Waals surface area contributed by atoms with E-state index in [0.29, 0.717) is 0 Å². The molecule has 0 aromatic heterocycles. The molecule has 1 amide bonds. The molecule has 1 atom stereocenters. The second-order valence-corrected chi connectivity index (χ2v) is 3.64. The number of nitrogens with zero attached hydrogens (tertiary/aromatic N) is 1. The monoisotopic (exact) mass is 270 g/mol. The van der Waals surface area contributed by atoms with Gasteiger partial charge >= 0.3 is 5.97 Å². The summed E-state index contributed by atoms with van der Waals surface area (Å²) in [6.45, 7) is 1.34. The average Bonchev–Trinajstić information content (AvgIpc) is 2.36. The van der Waals surface area contributed by atoms with E-state index >= 15 is 0 Å². The smallest absolute Gasteiger partial charge is 0.328 e. The zero-order chi connectivity index (χ0) is 14.6. The van der Waals surface area contributed by atoms with E-state index in [-0.39, 0.29) is 0 Å². The number of amides is 1. The van der Waals surface area contributed by atoms with Crippen molar-refractivity contribution in [3.8, 4) is 0 Å². The van der Waals surface area contributed by atoms with Gasteiger partial charge in [0.15, 0.2) is 0 Å². The predicted molar refractivity (Wildman–Crippen MR) is 62.0 cm³/mol. The highest BCUT2D eigenvalue weighted by atomic mass is 19.1. The van der Waals surface area contributed by atoms with Crippen molar-refractivity contribution in [2.45, 2.75) is 13.0 Å². The fraction of sp³-hybridized carbons (Fsp3) is 0.273. The van der Waals surface area contributed by atoms with E-state index in [0.717, 1.165) is 25.3 Å². The number of carbonyl (C=O) groups is 2. The summed E-state index contributed by atoms with van der Waals surface area (Å²) < 4.78 is 17.4. The van der Waals surface area contributed by atoms with Gasteiger partial charge in [0, 0.05) is 6.07 Å². The molecule has 102 valence electrons. The molecule has 1 rings (SSSR count). The summed E-state index contributed by atoms with van der Waals surface area (Å²) in [6.07, 6.45) is 0. The van der Waals surface area contributed by atoms with Gasteiger partial charge in [0.2, 0.25) is 0 Å². The van der Waals surface area contributed by atoms with Crippen LogP contribution in [0.3, 0.4) is 0 Å². The lowest BCUT2D eigenvalue weighted by Crippen LogP contribution is -2.39. The molecular formula is C11H11FN2O5. The van der Waals surface area contributed by atoms with Gasteiger partial charge in [-0.3, -0.25) is 14.9 Å². The fourth-order valence-corrected chi connectivity index (χ4v) is 1.36. The van der Waals surface area contributed by atoms with Gasteiger partial charge in [0.25, 0.3) is 11.6 Å². The number of methoxy groups -OCH3 is 1. The number of halogens is 1. The third-order valence-corrected chi connectivity index (χ3v) is 2.30. The summed E-state index contributed by atoms with van der Waals surface area (Å²) >= 11 is 0. The van der Waals surface area contributed by atoms with Crippen LogP contribution in [0, 0.1) is 15.9 Å². The molecule has 0 saturated heterocycles. The van der Waals surface area contributed by atoms with Crippen LogP contribution in [0.2, 0.25) is 0 Å². The van der Waals surface area contributed by atoms with Crippen LogP contribution in [-0.2, 0) is 9.53 Å². The van der Waals surface area contributed by atoms with Crippen LogP contribution in [0.15, 0.2) is 18.2 Å². The molecule has 0 spiro atoms. The third kappa shape index (κ3) is 3.47. The maximum Gasteiger partial charge on any atom is 0.328 e. The van der Waals surface area contributed by atoms with Crippen LogP contribution >= 0.6 is 0 Å². The van der Waals surface area contributed by atoms with Gasteiger partial charge in [0.1, 0.15) is 17.4 Å². The molecule has 7 nitrogen and oxygen atoms in total. The molecule has 0 aliphatic heterocycles. The number of hydrogen-bond acceptors (Lipinski definition) is 5. The summed E-state index contributed by atoms with van der Waals surface area (Å²) in [5.41, 5.74) is -1.00. The summed E-state index contributed by atoms with van der Waals surface area (Å²) in [4.78, 5) is 32.8. The van der Waals surface area contributed by atoms with E-state index < -0.39 is 39.9 Å². The third-order valence-electron chi connectivity index (χ3n) is 2.30. The van der Waals surface area contributed by atoms with E-state index in [1.165, 1.54) is 6.92 Å². The average molecular weight is 270 g/mol. The van der Waals surface area contributed by atoms with Crippen molar-refractivity contribution >= 4 is 17.6 Å². The first-order valence-corrected chi connectivity index (χ1v) is 5.19. The van der Waals surface area contributed by atoms with Crippen LogP contribution in [0.1, 0.15) is 17.3 Å². The van der Waals surface area contributed by atoms with Crippen LogP contribution < -0.4 is 5.32 Å². The topological polar surface area (TPSA) is 98.5 Å². The predicted octanol–water partition coefficient (Wildman–Crippen LogP) is 1.03. The first-order valence-electron chi connectivity index (χ1n) is 5.19. The molecule has 0 aliphatic rings. The maximum absolute atomic E-state index is 13.0. The molecular weight excluding hydrogens is 259 g/mol. The van der Waals surface area contributed by atoms with Crippen molar-refractivity contribution in [1.82, 2.24) is 5.32 Å². The normalized spacial score (nSPS) is 11.5. The Morgan fingerprint density at radius 1 is 1.47 bits per heavy atom. The van der Waals surface area contributed by atoms with Crippen molar-refractivity contribution in [3.05, 3.63) is 39.7 Å². The largest absolute Gasteiger partial charge is 0.467 e. The molecule has 0 heterocycles. The Bertz CT molecular complexity index is 532. The molecule has 1 aromatic carbocycles. The highest BCUT2D eigenvalue weighted by Crippen LogP contribution is 2.19. The van der Waals surface area contributed by atoms with Gasteiger partial charge in [-0.05, 0) is 19.1 Å². The number of ether oxygens (including phenoxy) is 1. The van der Waals surface area contributed by atoms with E-state index in [1.54, 1.807) is 0 Å². The minimum Gasteiger partial charge on any atom is -0.467 e. The van der Waals surface area contributed by atoms with Gasteiger partial charge in [-0.25, -0.2) is 9.18 Å². The number of nitro benzene ring substituents is 1. The van der Waals surface area contributed by atoms with Crippen molar-refractivity contribution in [2.75, 3.05) is 7.11 Å². The Labute approximate surface area is 107 Å². The highest BCUT2D eigenvalue weighted by Gasteiger charge is 2.24. The number of nitrogens with one attached hydrogen (secondary N) is 1. The standard InChI is InChI=1S/C11H11FN2O5/c1-6(11(16)19-2)13-10(15)8-5-7(12)3-4-9(8)14(17)18/h3-6H,1-2H3,(H,13,15)/t6-/m0/s1. The lowest BCUT2D eigenvalue weighted by Gasteiger charge is -2.11. The van der Waals surface area contributed by atoms with Gasteiger partial charge in [0.05, 0.1) is 12.0 Å². The summed E-state index contributed by atoms with van der Waals surface area (Å²) in [5.74, 6) is -2.43. The molecule has 19 heavy (non-hydrogen) atoms. The van der Waals surface area contributed by atoms with Crippen LogP contribution in [0.5, 0.6) is 0 Å². The quantitative estimate of drug-likeness (QED) is 0.500. The van der Waals surface area contributed by atoms with Crippen LogP contribution in [0.25, 0.3) is 0 Å². The number of hydrogen-bond donors (Lipinski definition) is 1. The SMILES string of the molecule is COC(=O)[C@H](C)NC(=O)c1cc(F)ccc1[N+](=O)[O-]. The zero-order valence-electron chi connectivity index (χ0n) is 10.2. The zero-order valence-corrected chi connectivity index (χ0v) is 10.2. The van der Waals surface area contributed by atoms with Gasteiger partial charge < -0.3 is 10.1 Å². The number of carbonyl (C=O) groups excluding carboxylic acids is 2. The molecule has 0 bridgehead atoms. The number of esters is 1. The van der Waals surface area contributed by atoms with Crippen molar-refractivity contribution in [3.63, 3.8) is 0 Å². The number of rotatable bonds is 4. The molecule has 0 saturated carbocycles. The first-order chi connectivity index (χ1) is 8.86. The minimum atomic E-state index is -1.000. The number of benzene rings is 1. The molecule has 8 heteroatoms. The van der Waals surface area contributed by atoms with E-state index in [9.17, 15) is 24.1 Å². The Kier molecular flexibility index (Phi) is 4.51. The van der Waals surface area contributed by atoms with Crippen LogP contribution in [-0.4, -0.2) is 30.0 Å². The molecule has 1 N–H and O–H groups in total. The summed E-state index contributed by atoms with van der Waals surface area (Å²) in [5, 5.41) is 12.9. The maximum atomic E-state index is 13.0. The second-order valence-electron chi connectivity index (χ2n) is 3.64. The highest BCUT2D eigenvalue weighted by molar-refractivity contribution is 6.00. The molecule has 0 unspecified atom stereocenters. The van der Waals surface area contributed by atoms with Crippen molar-refractivity contribution in [1.29, 1.82) is 0 Å². The molecule has 0 fully saturated rings.